The van der Waals surface area contributed by atoms with E-state index in [1.165, 1.54) is 67.0 Å². The highest BCUT2D eigenvalue weighted by Gasteiger charge is 2.33. The second-order valence-corrected chi connectivity index (χ2v) is 9.33. The Morgan fingerprint density at radius 2 is 1.14 bits per heavy atom. The van der Waals surface area contributed by atoms with Gasteiger partial charge in [-0.1, -0.05) is 0 Å². The SMILES string of the molecule is Cc1c(C)c(C)c2c(c1C)Cc1c(C)c(C)c(C)c(C)c1N2c1ncccc1Br. The number of anilines is 3. The normalized spacial score (nSPS) is 12.8. The molecule has 1 aromatic heterocycles. The van der Waals surface area contributed by atoms with E-state index in [0.29, 0.717) is 0 Å². The molecule has 0 N–H and O–H groups in total. The highest BCUT2D eigenvalue weighted by molar-refractivity contribution is 9.10. The van der Waals surface area contributed by atoms with E-state index in [2.05, 4.69) is 82.3 Å². The third-order valence-corrected chi connectivity index (χ3v) is 7.93. The lowest BCUT2D eigenvalue weighted by Crippen LogP contribution is -2.25. The van der Waals surface area contributed by atoms with Gasteiger partial charge in [0.2, 0.25) is 0 Å². The van der Waals surface area contributed by atoms with Gasteiger partial charge in [-0.3, -0.25) is 4.90 Å². The van der Waals surface area contributed by atoms with Crippen LogP contribution in [0.25, 0.3) is 0 Å². The van der Waals surface area contributed by atoms with Crippen molar-refractivity contribution in [2.45, 2.75) is 61.8 Å². The molecule has 0 fully saturated rings. The number of aromatic nitrogens is 1. The fraction of sp³-hybridized carbons (Fsp3) is 0.346. The minimum Gasteiger partial charge on any atom is -0.293 e. The van der Waals surface area contributed by atoms with Crippen LogP contribution in [-0.2, 0) is 6.42 Å². The lowest BCUT2D eigenvalue weighted by Gasteiger charge is -2.39. The Kier molecular flexibility index (Phi) is 4.85. The van der Waals surface area contributed by atoms with Gasteiger partial charge in [0.15, 0.2) is 5.82 Å². The smallest absolute Gasteiger partial charge is 0.151 e. The van der Waals surface area contributed by atoms with Crippen molar-refractivity contribution in [3.63, 3.8) is 0 Å². The van der Waals surface area contributed by atoms with Gasteiger partial charge in [0.05, 0.1) is 15.8 Å². The first-order chi connectivity index (χ1) is 13.7. The summed E-state index contributed by atoms with van der Waals surface area (Å²) in [6, 6.07) is 4.07. The third-order valence-electron chi connectivity index (χ3n) is 7.31. The molecule has 0 saturated carbocycles. The molecule has 150 valence electrons. The van der Waals surface area contributed by atoms with Gasteiger partial charge in [0.25, 0.3) is 0 Å². The Bertz CT molecular complexity index is 1110. The summed E-state index contributed by atoms with van der Waals surface area (Å²) in [5.74, 6) is 0.964. The number of hydrogen-bond acceptors (Lipinski definition) is 2. The van der Waals surface area contributed by atoms with Crippen molar-refractivity contribution in [1.82, 2.24) is 4.98 Å². The largest absolute Gasteiger partial charge is 0.293 e. The van der Waals surface area contributed by atoms with E-state index < -0.39 is 0 Å². The Morgan fingerprint density at radius 1 is 0.690 bits per heavy atom. The van der Waals surface area contributed by atoms with Gasteiger partial charge >= 0.3 is 0 Å². The summed E-state index contributed by atoms with van der Waals surface area (Å²) in [5.41, 5.74) is 16.5. The van der Waals surface area contributed by atoms with Gasteiger partial charge in [0.1, 0.15) is 0 Å². The van der Waals surface area contributed by atoms with Gasteiger partial charge in [-0.15, -0.1) is 0 Å². The molecular formula is C26H29BrN2. The summed E-state index contributed by atoms with van der Waals surface area (Å²) in [4.78, 5) is 7.24. The van der Waals surface area contributed by atoms with Crippen LogP contribution >= 0.6 is 15.9 Å². The lowest BCUT2D eigenvalue weighted by molar-refractivity contribution is 0.982. The average Bonchev–Trinajstić information content (AvgIpc) is 2.72. The summed E-state index contributed by atoms with van der Waals surface area (Å²) in [5, 5.41) is 0. The standard InChI is InChI=1S/C26H29BrN2/c1-13-15(3)19(7)24-21(17(13)5)12-22-18(6)14(2)16(4)20(8)25(22)29(24)26-23(27)10-9-11-28-26/h9-11H,12H2,1-8H3. The molecule has 1 aliphatic rings. The molecule has 2 aromatic carbocycles. The second kappa shape index (κ2) is 6.98. The number of halogens is 1. The molecule has 0 spiro atoms. The lowest BCUT2D eigenvalue weighted by atomic mass is 9.81. The van der Waals surface area contributed by atoms with Gasteiger partial charge in [-0.2, -0.15) is 0 Å². The number of benzene rings is 2. The quantitative estimate of drug-likeness (QED) is 0.296. The molecule has 3 aromatic rings. The van der Waals surface area contributed by atoms with Crippen LogP contribution in [-0.4, -0.2) is 4.98 Å². The van der Waals surface area contributed by atoms with Crippen LogP contribution in [0.3, 0.4) is 0 Å². The molecule has 0 amide bonds. The van der Waals surface area contributed by atoms with Crippen molar-refractivity contribution in [2.24, 2.45) is 0 Å². The van der Waals surface area contributed by atoms with E-state index in [9.17, 15) is 0 Å². The zero-order valence-corrected chi connectivity index (χ0v) is 20.3. The molecule has 3 heteroatoms. The first-order valence-electron chi connectivity index (χ1n) is 10.3. The van der Waals surface area contributed by atoms with E-state index in [4.69, 9.17) is 4.98 Å². The molecule has 0 bridgehead atoms. The van der Waals surface area contributed by atoms with Gasteiger partial charge in [-0.05, 0) is 139 Å². The van der Waals surface area contributed by atoms with Gasteiger partial charge in [0, 0.05) is 12.6 Å². The van der Waals surface area contributed by atoms with Crippen molar-refractivity contribution in [3.8, 4) is 0 Å². The molecule has 1 aliphatic heterocycles. The Morgan fingerprint density at radius 3 is 1.59 bits per heavy atom. The van der Waals surface area contributed by atoms with E-state index in [1.807, 2.05) is 12.3 Å². The van der Waals surface area contributed by atoms with Crippen LogP contribution in [0, 0.1) is 55.4 Å². The van der Waals surface area contributed by atoms with E-state index in [0.717, 1.165) is 16.7 Å². The maximum Gasteiger partial charge on any atom is 0.151 e. The minimum atomic E-state index is 0.964. The average molecular weight is 449 g/mol. The van der Waals surface area contributed by atoms with Crippen LogP contribution in [0.2, 0.25) is 0 Å². The highest BCUT2D eigenvalue weighted by Crippen LogP contribution is 2.51. The predicted molar refractivity (Wildman–Crippen MR) is 127 cm³/mol. The molecule has 29 heavy (non-hydrogen) atoms. The summed E-state index contributed by atoms with van der Waals surface area (Å²) < 4.78 is 1.02. The van der Waals surface area contributed by atoms with E-state index >= 15 is 0 Å². The number of rotatable bonds is 1. The first-order valence-corrected chi connectivity index (χ1v) is 11.0. The van der Waals surface area contributed by atoms with Crippen LogP contribution < -0.4 is 4.90 Å². The van der Waals surface area contributed by atoms with E-state index in [-0.39, 0.29) is 0 Å². The van der Waals surface area contributed by atoms with Gasteiger partial charge < -0.3 is 0 Å². The first kappa shape index (κ1) is 20.2. The topological polar surface area (TPSA) is 16.1 Å². The number of fused-ring (bicyclic) bond motifs is 2. The zero-order valence-electron chi connectivity index (χ0n) is 18.7. The monoisotopic (exact) mass is 448 g/mol. The van der Waals surface area contributed by atoms with Crippen LogP contribution in [0.1, 0.15) is 55.6 Å². The molecular weight excluding hydrogens is 420 g/mol. The summed E-state index contributed by atoms with van der Waals surface area (Å²) in [6.45, 7) is 18.1. The fourth-order valence-electron chi connectivity index (χ4n) is 4.82. The number of nitrogens with zero attached hydrogens (tertiary/aromatic N) is 2. The molecule has 0 saturated heterocycles. The minimum absolute atomic E-state index is 0.964. The molecule has 0 aliphatic carbocycles. The maximum atomic E-state index is 4.82. The zero-order chi connectivity index (χ0) is 21.2. The predicted octanol–water partition coefficient (Wildman–Crippen LogP) is 7.69. The number of hydrogen-bond donors (Lipinski definition) is 0. The van der Waals surface area contributed by atoms with E-state index in [1.54, 1.807) is 0 Å². The summed E-state index contributed by atoms with van der Waals surface area (Å²) >= 11 is 3.78. The van der Waals surface area contributed by atoms with Gasteiger partial charge in [-0.25, -0.2) is 4.98 Å². The van der Waals surface area contributed by atoms with Crippen molar-refractivity contribution < 1.29 is 0 Å². The Labute approximate surface area is 183 Å². The Hall–Kier alpha value is -2.13. The molecule has 0 unspecified atom stereocenters. The fourth-order valence-corrected chi connectivity index (χ4v) is 5.25. The second-order valence-electron chi connectivity index (χ2n) is 8.48. The molecule has 2 heterocycles. The van der Waals surface area contributed by atoms with Crippen molar-refractivity contribution >= 4 is 33.1 Å². The highest BCUT2D eigenvalue weighted by atomic mass is 79.9. The Balaban J connectivity index is 2.20. The summed E-state index contributed by atoms with van der Waals surface area (Å²) in [6.07, 6.45) is 2.87. The molecule has 4 rings (SSSR count). The van der Waals surface area contributed by atoms with Crippen molar-refractivity contribution in [3.05, 3.63) is 78.4 Å². The molecule has 0 radical (unpaired) electrons. The maximum absolute atomic E-state index is 4.82. The van der Waals surface area contributed by atoms with Crippen LogP contribution in [0.4, 0.5) is 17.2 Å². The molecule has 0 atom stereocenters. The number of pyridine rings is 1. The third kappa shape index (κ3) is 2.78. The van der Waals surface area contributed by atoms with Crippen LogP contribution in [0.15, 0.2) is 22.8 Å². The van der Waals surface area contributed by atoms with Crippen LogP contribution in [0.5, 0.6) is 0 Å². The van der Waals surface area contributed by atoms with Crippen molar-refractivity contribution in [2.75, 3.05) is 4.90 Å². The van der Waals surface area contributed by atoms with Crippen molar-refractivity contribution in [1.29, 1.82) is 0 Å². The summed E-state index contributed by atoms with van der Waals surface area (Å²) in [7, 11) is 0. The molecule has 2 nitrogen and oxygen atoms in total.